The summed E-state index contributed by atoms with van der Waals surface area (Å²) in [6.07, 6.45) is 4.90. The molecule has 0 aliphatic carbocycles. The second-order valence-electron chi connectivity index (χ2n) is 7.07. The molecule has 0 bridgehead atoms. The zero-order valence-electron chi connectivity index (χ0n) is 16.7. The molecule has 0 unspecified atom stereocenters. The molecule has 0 saturated carbocycles. The van der Waals surface area contributed by atoms with Crippen molar-refractivity contribution in [2.75, 3.05) is 19.5 Å². The lowest BCUT2D eigenvalue weighted by Gasteiger charge is -2.07. The number of anilines is 1. The van der Waals surface area contributed by atoms with E-state index in [9.17, 15) is 4.39 Å². The maximum atomic E-state index is 14.2. The van der Waals surface area contributed by atoms with Crippen molar-refractivity contribution in [2.24, 2.45) is 0 Å². The topological polar surface area (TPSA) is 57.4 Å². The largest absolute Gasteiger partial charge is 0.453 e. The van der Waals surface area contributed by atoms with Crippen LogP contribution < -0.4 is 10.5 Å². The summed E-state index contributed by atoms with van der Waals surface area (Å²) < 4.78 is 26.0. The van der Waals surface area contributed by atoms with Gasteiger partial charge in [0, 0.05) is 42.6 Å². The first-order chi connectivity index (χ1) is 14.6. The predicted octanol–water partition coefficient (Wildman–Crippen LogP) is 6.45. The second kappa shape index (κ2) is 9.24. The van der Waals surface area contributed by atoms with Gasteiger partial charge >= 0.3 is 0 Å². The number of nitrogen functional groups attached to an aromatic ring is 1. The number of rotatable bonds is 8. The predicted molar refractivity (Wildman–Crippen MR) is 121 cm³/mol. The molecule has 0 radical (unpaired) electrons. The van der Waals surface area contributed by atoms with Crippen LogP contribution in [0.5, 0.6) is 11.5 Å². The summed E-state index contributed by atoms with van der Waals surface area (Å²) in [7, 11) is 1.73. The zero-order valence-corrected chi connectivity index (χ0v) is 17.5. The average molecular weight is 423 g/mol. The number of nitrogens with two attached hydrogens (primary N) is 1. The first kappa shape index (κ1) is 20.3. The van der Waals surface area contributed by atoms with E-state index >= 15 is 0 Å². The molecule has 4 aromatic rings. The quantitative estimate of drug-likeness (QED) is 0.262. The van der Waals surface area contributed by atoms with Crippen LogP contribution >= 0.6 is 11.3 Å². The van der Waals surface area contributed by atoms with Gasteiger partial charge in [0.2, 0.25) is 0 Å². The smallest absolute Gasteiger partial charge is 0.167 e. The molecule has 4 nitrogen and oxygen atoms in total. The van der Waals surface area contributed by atoms with Crippen molar-refractivity contribution in [1.82, 2.24) is 4.98 Å². The molecule has 0 amide bonds. The van der Waals surface area contributed by atoms with E-state index in [0.717, 1.165) is 46.5 Å². The van der Waals surface area contributed by atoms with E-state index in [1.165, 1.54) is 17.7 Å². The van der Waals surface area contributed by atoms with Gasteiger partial charge in [-0.15, -0.1) is 11.3 Å². The minimum Gasteiger partial charge on any atom is -0.453 e. The number of nitrogens with zero attached hydrogens (tertiary/aromatic N) is 1. The van der Waals surface area contributed by atoms with Crippen molar-refractivity contribution in [1.29, 1.82) is 0 Å². The lowest BCUT2D eigenvalue weighted by molar-refractivity contribution is 0.193. The Morgan fingerprint density at radius 3 is 2.60 bits per heavy atom. The van der Waals surface area contributed by atoms with E-state index in [-0.39, 0.29) is 5.75 Å². The summed E-state index contributed by atoms with van der Waals surface area (Å²) >= 11 is 1.58. The highest BCUT2D eigenvalue weighted by Crippen LogP contribution is 2.39. The summed E-state index contributed by atoms with van der Waals surface area (Å²) in [5.74, 6) is 0.233. The van der Waals surface area contributed by atoms with E-state index in [4.69, 9.17) is 15.2 Å². The molecule has 0 saturated heterocycles. The molecule has 0 aliphatic heterocycles. The van der Waals surface area contributed by atoms with Crippen LogP contribution in [0.15, 0.2) is 60.8 Å². The molecular formula is C24H23FN2O2S. The Bertz CT molecular complexity index is 1140. The maximum absolute atomic E-state index is 14.2. The number of halogens is 1. The SMILES string of the molecule is COCCCCc1ccc(-c2cc3nccc(Oc4ccc(N)cc4F)c3s2)cc1. The molecule has 2 N–H and O–H groups in total. The monoisotopic (exact) mass is 422 g/mol. The van der Waals surface area contributed by atoms with E-state index in [0.29, 0.717) is 11.4 Å². The molecule has 2 heterocycles. The number of ether oxygens (including phenoxy) is 2. The Hall–Kier alpha value is -2.96. The number of fused-ring (bicyclic) bond motifs is 1. The summed E-state index contributed by atoms with van der Waals surface area (Å²) in [4.78, 5) is 5.54. The zero-order chi connectivity index (χ0) is 20.9. The van der Waals surface area contributed by atoms with Gasteiger partial charge in [0.1, 0.15) is 5.75 Å². The summed E-state index contributed by atoms with van der Waals surface area (Å²) in [5.41, 5.74) is 9.25. The standard InChI is InChI=1S/C24H23FN2O2S/c1-28-13-3-2-4-16-5-7-17(8-6-16)23-15-20-24(30-23)22(11-12-27-20)29-21-10-9-18(26)14-19(21)25/h5-12,14-15H,2-4,13,26H2,1H3. The van der Waals surface area contributed by atoms with Crippen LogP contribution in [0.2, 0.25) is 0 Å². The maximum Gasteiger partial charge on any atom is 0.167 e. The molecule has 2 aromatic heterocycles. The van der Waals surface area contributed by atoms with Crippen molar-refractivity contribution in [3.05, 3.63) is 72.2 Å². The average Bonchev–Trinajstić information content (AvgIpc) is 3.19. The van der Waals surface area contributed by atoms with Gasteiger partial charge in [0.05, 0.1) is 10.2 Å². The number of unbranched alkanes of at least 4 members (excludes halogenated alkanes) is 1. The van der Waals surface area contributed by atoms with Crippen molar-refractivity contribution < 1.29 is 13.9 Å². The highest BCUT2D eigenvalue weighted by Gasteiger charge is 2.13. The highest BCUT2D eigenvalue weighted by molar-refractivity contribution is 7.22. The van der Waals surface area contributed by atoms with Gasteiger partial charge in [0.25, 0.3) is 0 Å². The molecule has 0 spiro atoms. The first-order valence-corrected chi connectivity index (χ1v) is 10.7. The number of benzene rings is 2. The Balaban J connectivity index is 1.56. The van der Waals surface area contributed by atoms with Gasteiger partial charge in [-0.25, -0.2) is 4.39 Å². The van der Waals surface area contributed by atoms with Crippen molar-refractivity contribution >= 4 is 27.2 Å². The van der Waals surface area contributed by atoms with Gasteiger partial charge in [-0.3, -0.25) is 4.98 Å². The molecule has 30 heavy (non-hydrogen) atoms. The normalized spacial score (nSPS) is 11.1. The molecule has 154 valence electrons. The molecule has 6 heteroatoms. The minimum absolute atomic E-state index is 0.143. The van der Waals surface area contributed by atoms with Crippen LogP contribution in [0.1, 0.15) is 18.4 Å². The molecule has 0 fully saturated rings. The third-order valence-corrected chi connectivity index (χ3v) is 6.04. The number of aryl methyl sites for hydroxylation is 1. The fourth-order valence-electron chi connectivity index (χ4n) is 3.27. The van der Waals surface area contributed by atoms with E-state index in [1.807, 2.05) is 6.07 Å². The first-order valence-electron chi connectivity index (χ1n) is 9.84. The van der Waals surface area contributed by atoms with Crippen LogP contribution in [0, 0.1) is 5.82 Å². The van der Waals surface area contributed by atoms with Crippen LogP contribution in [-0.4, -0.2) is 18.7 Å². The summed E-state index contributed by atoms with van der Waals surface area (Å²) in [6, 6.07) is 16.8. The molecule has 0 aliphatic rings. The highest BCUT2D eigenvalue weighted by atomic mass is 32.1. The Kier molecular flexibility index (Phi) is 6.26. The van der Waals surface area contributed by atoms with Crippen LogP contribution in [0.3, 0.4) is 0 Å². The van der Waals surface area contributed by atoms with E-state index in [2.05, 4.69) is 29.2 Å². The van der Waals surface area contributed by atoms with Gasteiger partial charge in [0.15, 0.2) is 11.6 Å². The fraction of sp³-hybridized carbons (Fsp3) is 0.208. The number of methoxy groups -OCH3 is 1. The van der Waals surface area contributed by atoms with Crippen LogP contribution in [0.4, 0.5) is 10.1 Å². The van der Waals surface area contributed by atoms with Gasteiger partial charge in [-0.1, -0.05) is 24.3 Å². The molecule has 0 atom stereocenters. The lowest BCUT2D eigenvalue weighted by Crippen LogP contribution is -1.91. The van der Waals surface area contributed by atoms with Gasteiger partial charge in [-0.05, 0) is 48.6 Å². The minimum atomic E-state index is -0.488. The Labute approximate surface area is 179 Å². The van der Waals surface area contributed by atoms with Crippen molar-refractivity contribution in [2.45, 2.75) is 19.3 Å². The summed E-state index contributed by atoms with van der Waals surface area (Å²) in [6.45, 7) is 0.803. The third kappa shape index (κ3) is 4.61. The fourth-order valence-corrected chi connectivity index (χ4v) is 4.34. The van der Waals surface area contributed by atoms with E-state index < -0.39 is 5.82 Å². The Morgan fingerprint density at radius 2 is 1.83 bits per heavy atom. The number of hydrogen-bond donors (Lipinski definition) is 1. The van der Waals surface area contributed by atoms with Crippen LogP contribution in [0.25, 0.3) is 20.7 Å². The third-order valence-electron chi connectivity index (χ3n) is 4.85. The molecule has 4 rings (SSSR count). The van der Waals surface area contributed by atoms with Gasteiger partial charge < -0.3 is 15.2 Å². The number of aromatic nitrogens is 1. The molecular weight excluding hydrogens is 399 g/mol. The molecule has 2 aromatic carbocycles. The Morgan fingerprint density at radius 1 is 1.00 bits per heavy atom. The van der Waals surface area contributed by atoms with Crippen LogP contribution in [-0.2, 0) is 11.2 Å². The van der Waals surface area contributed by atoms with Gasteiger partial charge in [-0.2, -0.15) is 0 Å². The van der Waals surface area contributed by atoms with Crippen molar-refractivity contribution in [3.8, 4) is 21.9 Å². The summed E-state index contributed by atoms with van der Waals surface area (Å²) in [5, 5.41) is 0. The lowest BCUT2D eigenvalue weighted by atomic mass is 10.1. The number of thiophene rings is 1. The second-order valence-corrected chi connectivity index (χ2v) is 8.13. The number of hydrogen-bond acceptors (Lipinski definition) is 5. The van der Waals surface area contributed by atoms with Crippen molar-refractivity contribution in [3.63, 3.8) is 0 Å². The number of pyridine rings is 1. The van der Waals surface area contributed by atoms with E-state index in [1.54, 1.807) is 36.8 Å².